The van der Waals surface area contributed by atoms with E-state index in [9.17, 15) is 4.79 Å². The van der Waals surface area contributed by atoms with Gasteiger partial charge in [0.1, 0.15) is 0 Å². The summed E-state index contributed by atoms with van der Waals surface area (Å²) in [5, 5.41) is 6.78. The molecule has 0 saturated carbocycles. The number of aromatic nitrogens is 2. The van der Waals surface area contributed by atoms with Crippen molar-refractivity contribution in [3.8, 4) is 0 Å². The number of rotatable bonds is 6. The summed E-state index contributed by atoms with van der Waals surface area (Å²) >= 11 is 0. The molecule has 6 nitrogen and oxygen atoms in total. The second kappa shape index (κ2) is 7.54. The first kappa shape index (κ1) is 15.9. The lowest BCUT2D eigenvalue weighted by molar-refractivity contribution is -0.126. The maximum Gasteiger partial charge on any atom is 0.243 e. The van der Waals surface area contributed by atoms with Crippen LogP contribution in [0.4, 0.5) is 0 Å². The number of piperidine rings is 1. The number of carbonyl (C=O) groups is 1. The van der Waals surface area contributed by atoms with Crippen molar-refractivity contribution in [2.75, 3.05) is 20.1 Å². The van der Waals surface area contributed by atoms with Crippen molar-refractivity contribution in [1.82, 2.24) is 20.4 Å². The fourth-order valence-corrected chi connectivity index (χ4v) is 2.78. The van der Waals surface area contributed by atoms with Crippen LogP contribution in [-0.2, 0) is 11.2 Å². The lowest BCUT2D eigenvalue weighted by atomic mass is 9.95. The number of aryl methyl sites for hydroxylation is 1. The van der Waals surface area contributed by atoms with Crippen molar-refractivity contribution in [2.45, 2.75) is 52.0 Å². The molecule has 0 radical (unpaired) electrons. The maximum absolute atomic E-state index is 11.6. The summed E-state index contributed by atoms with van der Waals surface area (Å²) in [6.45, 7) is 6.04. The average Bonchev–Trinajstić information content (AvgIpc) is 3.00. The van der Waals surface area contributed by atoms with E-state index in [4.69, 9.17) is 4.52 Å². The van der Waals surface area contributed by atoms with Gasteiger partial charge in [-0.1, -0.05) is 18.5 Å². The Bertz CT molecular complexity index is 452. The number of nitrogens with one attached hydrogen (secondary N) is 1. The zero-order valence-electron chi connectivity index (χ0n) is 13.3. The summed E-state index contributed by atoms with van der Waals surface area (Å²) in [6, 6.07) is 0.124. The molecule has 21 heavy (non-hydrogen) atoms. The van der Waals surface area contributed by atoms with Crippen LogP contribution >= 0.6 is 0 Å². The molecule has 1 fully saturated rings. The Balaban J connectivity index is 1.88. The monoisotopic (exact) mass is 294 g/mol. The van der Waals surface area contributed by atoms with Crippen LogP contribution in [-0.4, -0.2) is 41.1 Å². The molecular formula is C15H26N4O2. The molecule has 1 unspecified atom stereocenters. The first-order valence-corrected chi connectivity index (χ1v) is 7.93. The van der Waals surface area contributed by atoms with Gasteiger partial charge in [-0.15, -0.1) is 0 Å². The summed E-state index contributed by atoms with van der Waals surface area (Å²) in [5.41, 5.74) is 0. The highest BCUT2D eigenvalue weighted by molar-refractivity contribution is 5.78. The molecule has 0 bridgehead atoms. The zero-order valence-corrected chi connectivity index (χ0v) is 13.3. The molecule has 1 aromatic heterocycles. The number of carbonyl (C=O) groups excluding carboxylic acids is 1. The molecule has 0 aromatic carbocycles. The SMILES string of the molecule is CCCCc1noc(C(C)N2CCC(C(=O)NC)CC2)n1. The summed E-state index contributed by atoms with van der Waals surface area (Å²) in [7, 11) is 1.70. The molecule has 1 saturated heterocycles. The Hall–Kier alpha value is -1.43. The molecule has 2 heterocycles. The van der Waals surface area contributed by atoms with Crippen LogP contribution < -0.4 is 5.32 Å². The maximum atomic E-state index is 11.6. The van der Waals surface area contributed by atoms with E-state index in [2.05, 4.69) is 34.2 Å². The standard InChI is InChI=1S/C15H26N4O2/c1-4-5-6-13-17-15(21-18-13)11(2)19-9-7-12(8-10-19)14(20)16-3/h11-12H,4-10H2,1-3H3,(H,16,20). The molecule has 1 amide bonds. The molecule has 6 heteroatoms. The fourth-order valence-electron chi connectivity index (χ4n) is 2.78. The minimum Gasteiger partial charge on any atom is -0.359 e. The van der Waals surface area contributed by atoms with E-state index in [1.807, 2.05) is 0 Å². The van der Waals surface area contributed by atoms with E-state index in [1.54, 1.807) is 7.05 Å². The Morgan fingerprint density at radius 2 is 2.19 bits per heavy atom. The number of amides is 1. The predicted molar refractivity (Wildman–Crippen MR) is 79.7 cm³/mol. The smallest absolute Gasteiger partial charge is 0.243 e. The number of likely N-dealkylation sites (tertiary alicyclic amines) is 1. The van der Waals surface area contributed by atoms with Gasteiger partial charge in [0, 0.05) is 19.4 Å². The second-order valence-corrected chi connectivity index (χ2v) is 5.75. The highest BCUT2D eigenvalue weighted by Crippen LogP contribution is 2.25. The predicted octanol–water partition coefficient (Wildman–Crippen LogP) is 1.93. The van der Waals surface area contributed by atoms with Gasteiger partial charge < -0.3 is 9.84 Å². The van der Waals surface area contributed by atoms with E-state index in [1.165, 1.54) is 0 Å². The molecule has 0 spiro atoms. The molecule has 1 N–H and O–H groups in total. The van der Waals surface area contributed by atoms with Crippen molar-refractivity contribution in [2.24, 2.45) is 5.92 Å². The van der Waals surface area contributed by atoms with Gasteiger partial charge >= 0.3 is 0 Å². The van der Waals surface area contributed by atoms with Gasteiger partial charge in [-0.3, -0.25) is 9.69 Å². The molecule has 1 aliphatic heterocycles. The highest BCUT2D eigenvalue weighted by atomic mass is 16.5. The summed E-state index contributed by atoms with van der Waals surface area (Å²) in [4.78, 5) is 18.5. The Morgan fingerprint density at radius 3 is 2.81 bits per heavy atom. The van der Waals surface area contributed by atoms with Crippen molar-refractivity contribution < 1.29 is 9.32 Å². The van der Waals surface area contributed by atoms with E-state index in [0.717, 1.165) is 51.0 Å². The van der Waals surface area contributed by atoms with Gasteiger partial charge in [-0.25, -0.2) is 0 Å². The van der Waals surface area contributed by atoms with Gasteiger partial charge in [0.2, 0.25) is 11.8 Å². The van der Waals surface area contributed by atoms with Crippen LogP contribution in [0.1, 0.15) is 57.3 Å². The van der Waals surface area contributed by atoms with E-state index >= 15 is 0 Å². The first-order valence-electron chi connectivity index (χ1n) is 7.93. The minimum absolute atomic E-state index is 0.124. The topological polar surface area (TPSA) is 71.3 Å². The van der Waals surface area contributed by atoms with Gasteiger partial charge in [0.25, 0.3) is 0 Å². The molecule has 0 aliphatic carbocycles. The lowest BCUT2D eigenvalue weighted by Gasteiger charge is -2.33. The van der Waals surface area contributed by atoms with Crippen LogP contribution in [0.25, 0.3) is 0 Å². The number of nitrogens with zero attached hydrogens (tertiary/aromatic N) is 3. The molecule has 1 aromatic rings. The van der Waals surface area contributed by atoms with Gasteiger partial charge in [-0.05, 0) is 39.3 Å². The highest BCUT2D eigenvalue weighted by Gasteiger charge is 2.29. The lowest BCUT2D eigenvalue weighted by Crippen LogP contribution is -2.40. The third kappa shape index (κ3) is 4.03. The third-order valence-electron chi connectivity index (χ3n) is 4.29. The van der Waals surface area contributed by atoms with Crippen molar-refractivity contribution in [3.63, 3.8) is 0 Å². The van der Waals surface area contributed by atoms with Gasteiger partial charge in [0.15, 0.2) is 5.82 Å². The van der Waals surface area contributed by atoms with E-state index in [0.29, 0.717) is 5.89 Å². The summed E-state index contributed by atoms with van der Waals surface area (Å²) in [5.74, 6) is 1.79. The van der Waals surface area contributed by atoms with Gasteiger partial charge in [0.05, 0.1) is 6.04 Å². The first-order chi connectivity index (χ1) is 10.2. The van der Waals surface area contributed by atoms with E-state index < -0.39 is 0 Å². The molecule has 1 aliphatic rings. The number of hydrogen-bond donors (Lipinski definition) is 1. The molecule has 2 rings (SSSR count). The molecule has 118 valence electrons. The van der Waals surface area contributed by atoms with Crippen LogP contribution in [0.15, 0.2) is 4.52 Å². The largest absolute Gasteiger partial charge is 0.359 e. The quantitative estimate of drug-likeness (QED) is 0.868. The second-order valence-electron chi connectivity index (χ2n) is 5.75. The summed E-state index contributed by atoms with van der Waals surface area (Å²) < 4.78 is 5.39. The van der Waals surface area contributed by atoms with E-state index in [-0.39, 0.29) is 17.9 Å². The summed E-state index contributed by atoms with van der Waals surface area (Å²) in [6.07, 6.45) is 4.88. The third-order valence-corrected chi connectivity index (χ3v) is 4.29. The molecule has 1 atom stereocenters. The van der Waals surface area contributed by atoms with Crippen molar-refractivity contribution in [3.05, 3.63) is 11.7 Å². The average molecular weight is 294 g/mol. The Labute approximate surface area is 126 Å². The van der Waals surface area contributed by atoms with Crippen LogP contribution in [0.2, 0.25) is 0 Å². The van der Waals surface area contributed by atoms with Gasteiger partial charge in [-0.2, -0.15) is 4.98 Å². The molecular weight excluding hydrogens is 268 g/mol. The van der Waals surface area contributed by atoms with Crippen LogP contribution in [0, 0.1) is 5.92 Å². The van der Waals surface area contributed by atoms with Crippen LogP contribution in [0.3, 0.4) is 0 Å². The van der Waals surface area contributed by atoms with Crippen molar-refractivity contribution in [1.29, 1.82) is 0 Å². The minimum atomic E-state index is 0.124. The number of unbranched alkanes of at least 4 members (excludes halogenated alkanes) is 1. The normalized spacial score (nSPS) is 18.6. The zero-order chi connectivity index (χ0) is 15.2. The van der Waals surface area contributed by atoms with Crippen molar-refractivity contribution >= 4 is 5.91 Å². The Morgan fingerprint density at radius 1 is 1.48 bits per heavy atom. The fraction of sp³-hybridized carbons (Fsp3) is 0.800. The number of hydrogen-bond acceptors (Lipinski definition) is 5. The Kier molecular flexibility index (Phi) is 5.73. The van der Waals surface area contributed by atoms with Crippen LogP contribution in [0.5, 0.6) is 0 Å².